The van der Waals surface area contributed by atoms with Gasteiger partial charge in [-0.05, 0) is 74.4 Å². The number of ether oxygens (including phenoxy) is 1. The molecular weight excluding hydrogens is 310 g/mol. The molecule has 1 aromatic carbocycles. The number of piperidine rings is 1. The Kier molecular flexibility index (Phi) is 4.38. The van der Waals surface area contributed by atoms with E-state index in [-0.39, 0.29) is 6.10 Å². The molecule has 2 aromatic rings. The fraction of sp³-hybridized carbons (Fsp3) is 0.476. The van der Waals surface area contributed by atoms with Crippen LogP contribution in [0.1, 0.15) is 36.0 Å². The number of rotatable bonds is 3. The summed E-state index contributed by atoms with van der Waals surface area (Å²) in [6.07, 6.45) is 7.68. The second-order valence-electron chi connectivity index (χ2n) is 7.48. The van der Waals surface area contributed by atoms with Crippen molar-refractivity contribution in [2.45, 2.75) is 45.1 Å². The maximum atomic E-state index is 6.55. The number of hydrogen-bond acceptors (Lipinski definition) is 4. The van der Waals surface area contributed by atoms with Crippen molar-refractivity contribution in [3.8, 4) is 17.0 Å². The van der Waals surface area contributed by atoms with Crippen LogP contribution < -0.4 is 10.5 Å². The molecule has 0 spiro atoms. The van der Waals surface area contributed by atoms with Crippen molar-refractivity contribution in [1.82, 2.24) is 9.88 Å². The predicted molar refractivity (Wildman–Crippen MR) is 102 cm³/mol. The van der Waals surface area contributed by atoms with Crippen molar-refractivity contribution in [3.63, 3.8) is 0 Å². The Bertz CT molecular complexity index is 779. The largest absolute Gasteiger partial charge is 0.474 e. The Balaban J connectivity index is 1.62. The van der Waals surface area contributed by atoms with Crippen molar-refractivity contribution in [2.75, 3.05) is 25.9 Å². The van der Waals surface area contributed by atoms with Crippen molar-refractivity contribution in [1.29, 1.82) is 0 Å². The summed E-state index contributed by atoms with van der Waals surface area (Å²) in [5, 5.41) is 0. The molecule has 0 amide bonds. The first-order valence-electron chi connectivity index (χ1n) is 9.34. The van der Waals surface area contributed by atoms with Crippen LogP contribution in [0.25, 0.3) is 11.1 Å². The van der Waals surface area contributed by atoms with Crippen LogP contribution in [0.3, 0.4) is 0 Å². The normalized spacial score (nSPS) is 18.3. The number of fused-ring (bicyclic) bond motifs is 1. The molecule has 2 N–H and O–H groups in total. The zero-order chi connectivity index (χ0) is 17.4. The minimum atomic E-state index is 0.261. The van der Waals surface area contributed by atoms with Crippen LogP contribution in [-0.4, -0.2) is 36.1 Å². The van der Waals surface area contributed by atoms with Crippen molar-refractivity contribution in [2.24, 2.45) is 0 Å². The number of nitrogens with two attached hydrogens (primary N) is 1. The zero-order valence-corrected chi connectivity index (χ0v) is 15.2. The lowest BCUT2D eigenvalue weighted by atomic mass is 9.93. The van der Waals surface area contributed by atoms with E-state index in [2.05, 4.69) is 36.0 Å². The standard InChI is InChI=1S/C21H27N3O/c1-14-12-15-4-3-5-18(15)21(22)20(14)16-6-9-23-19(13-16)25-17-7-10-24(2)11-8-17/h6,9,12-13,17H,3-5,7-8,10-11,22H2,1-2H3. The highest BCUT2D eigenvalue weighted by Gasteiger charge is 2.21. The van der Waals surface area contributed by atoms with Gasteiger partial charge in [0.05, 0.1) is 0 Å². The van der Waals surface area contributed by atoms with Crippen molar-refractivity contribution < 1.29 is 4.74 Å². The molecule has 1 aromatic heterocycles. The van der Waals surface area contributed by atoms with E-state index >= 15 is 0 Å². The average Bonchev–Trinajstić information content (AvgIpc) is 3.06. The Morgan fingerprint density at radius 1 is 1.20 bits per heavy atom. The van der Waals surface area contributed by atoms with E-state index < -0.39 is 0 Å². The second kappa shape index (κ2) is 6.68. The van der Waals surface area contributed by atoms with Crippen LogP contribution in [0.2, 0.25) is 0 Å². The van der Waals surface area contributed by atoms with Gasteiger partial charge in [0, 0.05) is 36.6 Å². The van der Waals surface area contributed by atoms with E-state index in [4.69, 9.17) is 10.5 Å². The number of benzene rings is 1. The molecule has 25 heavy (non-hydrogen) atoms. The molecule has 0 bridgehead atoms. The number of nitrogens with zero attached hydrogens (tertiary/aromatic N) is 2. The molecule has 132 valence electrons. The number of aromatic nitrogens is 1. The number of hydrogen-bond donors (Lipinski definition) is 1. The third-order valence-corrected chi connectivity index (χ3v) is 5.62. The van der Waals surface area contributed by atoms with Crippen LogP contribution >= 0.6 is 0 Å². The SMILES string of the molecule is Cc1cc2c(c(N)c1-c1ccnc(OC3CCN(C)CC3)c1)CCC2. The maximum Gasteiger partial charge on any atom is 0.214 e. The van der Waals surface area contributed by atoms with Gasteiger partial charge in [-0.1, -0.05) is 6.07 Å². The lowest BCUT2D eigenvalue weighted by Gasteiger charge is -2.29. The number of anilines is 1. The van der Waals surface area contributed by atoms with Gasteiger partial charge in [-0.2, -0.15) is 0 Å². The molecule has 1 fully saturated rings. The first kappa shape index (κ1) is 16.4. The topological polar surface area (TPSA) is 51.4 Å². The predicted octanol–water partition coefficient (Wildman–Crippen LogP) is 3.60. The van der Waals surface area contributed by atoms with Crippen LogP contribution in [0.15, 0.2) is 24.4 Å². The highest BCUT2D eigenvalue weighted by atomic mass is 16.5. The summed E-state index contributed by atoms with van der Waals surface area (Å²) in [6, 6.07) is 6.41. The third kappa shape index (κ3) is 3.23. The molecule has 0 unspecified atom stereocenters. The summed E-state index contributed by atoms with van der Waals surface area (Å²) in [6.45, 7) is 4.32. The van der Waals surface area contributed by atoms with Crippen LogP contribution in [-0.2, 0) is 12.8 Å². The summed E-state index contributed by atoms with van der Waals surface area (Å²) in [4.78, 5) is 6.78. The minimum absolute atomic E-state index is 0.261. The Labute approximate surface area is 150 Å². The third-order valence-electron chi connectivity index (χ3n) is 5.62. The van der Waals surface area contributed by atoms with Gasteiger partial charge in [0.25, 0.3) is 0 Å². The zero-order valence-electron chi connectivity index (χ0n) is 15.2. The fourth-order valence-corrected chi connectivity index (χ4v) is 4.22. The number of likely N-dealkylation sites (tertiary alicyclic amines) is 1. The molecule has 2 heterocycles. The Morgan fingerprint density at radius 2 is 2.00 bits per heavy atom. The molecule has 2 aliphatic rings. The second-order valence-corrected chi connectivity index (χ2v) is 7.48. The minimum Gasteiger partial charge on any atom is -0.474 e. The number of nitrogen functional groups attached to an aromatic ring is 1. The monoisotopic (exact) mass is 337 g/mol. The summed E-state index contributed by atoms with van der Waals surface area (Å²) < 4.78 is 6.16. The van der Waals surface area contributed by atoms with E-state index in [1.165, 1.54) is 23.1 Å². The average molecular weight is 337 g/mol. The van der Waals surface area contributed by atoms with Gasteiger partial charge in [-0.15, -0.1) is 0 Å². The Hall–Kier alpha value is -2.07. The fourth-order valence-electron chi connectivity index (χ4n) is 4.22. The van der Waals surface area contributed by atoms with Gasteiger partial charge in [0.2, 0.25) is 5.88 Å². The molecule has 4 nitrogen and oxygen atoms in total. The number of aryl methyl sites for hydroxylation is 2. The van der Waals surface area contributed by atoms with Gasteiger partial charge in [0.15, 0.2) is 0 Å². The van der Waals surface area contributed by atoms with E-state index in [1.807, 2.05) is 12.3 Å². The first-order valence-corrected chi connectivity index (χ1v) is 9.34. The molecule has 0 atom stereocenters. The lowest BCUT2D eigenvalue weighted by Crippen LogP contribution is -2.35. The summed E-state index contributed by atoms with van der Waals surface area (Å²) in [7, 11) is 2.16. The van der Waals surface area contributed by atoms with Crippen LogP contribution in [0.4, 0.5) is 5.69 Å². The van der Waals surface area contributed by atoms with E-state index in [0.29, 0.717) is 5.88 Å². The van der Waals surface area contributed by atoms with Crippen molar-refractivity contribution in [3.05, 3.63) is 41.1 Å². The Morgan fingerprint density at radius 3 is 2.80 bits per heavy atom. The number of pyridine rings is 1. The highest BCUT2D eigenvalue weighted by molar-refractivity contribution is 5.83. The van der Waals surface area contributed by atoms with Gasteiger partial charge in [-0.3, -0.25) is 0 Å². The van der Waals surface area contributed by atoms with Gasteiger partial charge in [-0.25, -0.2) is 4.98 Å². The summed E-state index contributed by atoms with van der Waals surface area (Å²) >= 11 is 0. The van der Waals surface area contributed by atoms with Crippen LogP contribution in [0, 0.1) is 6.92 Å². The van der Waals surface area contributed by atoms with E-state index in [1.54, 1.807) is 0 Å². The molecule has 0 saturated carbocycles. The van der Waals surface area contributed by atoms with Gasteiger partial charge < -0.3 is 15.4 Å². The van der Waals surface area contributed by atoms with Gasteiger partial charge in [0.1, 0.15) is 6.10 Å². The van der Waals surface area contributed by atoms with E-state index in [9.17, 15) is 0 Å². The first-order chi connectivity index (χ1) is 12.1. The molecule has 4 heteroatoms. The molecule has 0 radical (unpaired) electrons. The molecule has 4 rings (SSSR count). The summed E-state index contributed by atoms with van der Waals surface area (Å²) in [5.41, 5.74) is 13.8. The molecule has 1 saturated heterocycles. The van der Waals surface area contributed by atoms with Crippen molar-refractivity contribution >= 4 is 5.69 Å². The van der Waals surface area contributed by atoms with Crippen LogP contribution in [0.5, 0.6) is 5.88 Å². The smallest absolute Gasteiger partial charge is 0.214 e. The lowest BCUT2D eigenvalue weighted by molar-refractivity contribution is 0.110. The van der Waals surface area contributed by atoms with Gasteiger partial charge >= 0.3 is 0 Å². The quantitative estimate of drug-likeness (QED) is 0.870. The maximum absolute atomic E-state index is 6.55. The van der Waals surface area contributed by atoms with E-state index in [0.717, 1.165) is 55.6 Å². The molecule has 1 aliphatic carbocycles. The summed E-state index contributed by atoms with van der Waals surface area (Å²) in [5.74, 6) is 0.714. The highest BCUT2D eigenvalue weighted by Crippen LogP contribution is 2.38. The molecular formula is C21H27N3O. The molecule has 1 aliphatic heterocycles.